The van der Waals surface area contributed by atoms with Gasteiger partial charge in [0.25, 0.3) is 0 Å². The highest BCUT2D eigenvalue weighted by atomic mass is 16.5. The molecule has 106 valence electrons. The molecule has 1 aliphatic carbocycles. The molecule has 0 bridgehead atoms. The first-order chi connectivity index (χ1) is 9.22. The van der Waals surface area contributed by atoms with Crippen LogP contribution >= 0.6 is 0 Å². The van der Waals surface area contributed by atoms with Gasteiger partial charge in [0, 0.05) is 6.04 Å². The Morgan fingerprint density at radius 1 is 1.21 bits per heavy atom. The summed E-state index contributed by atoms with van der Waals surface area (Å²) in [6, 6.07) is 9.32. The zero-order valence-corrected chi connectivity index (χ0v) is 12.5. The van der Waals surface area contributed by atoms with Gasteiger partial charge < -0.3 is 10.1 Å². The molecule has 0 heterocycles. The molecule has 0 saturated heterocycles. The summed E-state index contributed by atoms with van der Waals surface area (Å²) in [5.74, 6) is 1.66. The van der Waals surface area contributed by atoms with E-state index in [-0.39, 0.29) is 0 Å². The first-order valence-electron chi connectivity index (χ1n) is 7.72. The molecule has 0 spiro atoms. The van der Waals surface area contributed by atoms with E-state index >= 15 is 0 Å². The monoisotopic (exact) mass is 261 g/mol. The highest BCUT2D eigenvalue weighted by Gasteiger charge is 2.25. The minimum atomic E-state index is 0.387. The first kappa shape index (κ1) is 14.4. The molecular weight excluding hydrogens is 234 g/mol. The summed E-state index contributed by atoms with van der Waals surface area (Å²) in [4.78, 5) is 0. The number of hydrogen-bond donors (Lipinski definition) is 1. The summed E-state index contributed by atoms with van der Waals surface area (Å²) in [6.07, 6.45) is 5.13. The van der Waals surface area contributed by atoms with Crippen LogP contribution in [-0.4, -0.2) is 18.7 Å². The van der Waals surface area contributed by atoms with Gasteiger partial charge in [-0.25, -0.2) is 0 Å². The second kappa shape index (κ2) is 6.95. The van der Waals surface area contributed by atoms with Crippen LogP contribution in [0, 0.1) is 0 Å². The van der Waals surface area contributed by atoms with E-state index in [4.69, 9.17) is 4.74 Å². The van der Waals surface area contributed by atoms with E-state index < -0.39 is 0 Å². The Morgan fingerprint density at radius 3 is 2.58 bits per heavy atom. The molecule has 0 aliphatic heterocycles. The van der Waals surface area contributed by atoms with Gasteiger partial charge in [0.05, 0.1) is 0 Å². The van der Waals surface area contributed by atoms with Crippen LogP contribution in [0.15, 0.2) is 24.3 Å². The van der Waals surface area contributed by atoms with Gasteiger partial charge in [-0.1, -0.05) is 32.9 Å². The smallest absolute Gasteiger partial charge is 0.119 e. The Hall–Kier alpha value is -1.02. The quantitative estimate of drug-likeness (QED) is 0.832. The van der Waals surface area contributed by atoms with E-state index in [0.717, 1.165) is 18.7 Å². The van der Waals surface area contributed by atoms with Crippen molar-refractivity contribution in [3.05, 3.63) is 29.8 Å². The summed E-state index contributed by atoms with van der Waals surface area (Å²) >= 11 is 0. The van der Waals surface area contributed by atoms with E-state index in [1.165, 1.54) is 24.8 Å². The fourth-order valence-electron chi connectivity index (χ4n) is 2.82. The van der Waals surface area contributed by atoms with Crippen molar-refractivity contribution < 1.29 is 4.74 Å². The average molecular weight is 261 g/mol. The lowest BCUT2D eigenvalue weighted by Gasteiger charge is -2.16. The Labute approximate surface area is 117 Å². The second-order valence-corrected chi connectivity index (χ2v) is 5.69. The van der Waals surface area contributed by atoms with Crippen molar-refractivity contribution in [3.8, 4) is 5.75 Å². The number of ether oxygens (including phenoxy) is 1. The molecule has 3 atom stereocenters. The predicted molar refractivity (Wildman–Crippen MR) is 80.9 cm³/mol. The summed E-state index contributed by atoms with van der Waals surface area (Å²) in [5.41, 5.74) is 1.41. The van der Waals surface area contributed by atoms with Crippen molar-refractivity contribution in [2.75, 3.05) is 6.54 Å². The van der Waals surface area contributed by atoms with Gasteiger partial charge in [0.15, 0.2) is 0 Å². The number of benzene rings is 1. The Balaban J connectivity index is 1.86. The van der Waals surface area contributed by atoms with Gasteiger partial charge >= 0.3 is 0 Å². The number of nitrogens with one attached hydrogen (secondary N) is 1. The largest absolute Gasteiger partial charge is 0.490 e. The molecule has 1 aromatic rings. The Kier molecular flexibility index (Phi) is 5.26. The summed E-state index contributed by atoms with van der Waals surface area (Å²) in [5, 5.41) is 3.51. The van der Waals surface area contributed by atoms with Crippen molar-refractivity contribution in [1.82, 2.24) is 5.32 Å². The molecule has 2 rings (SSSR count). The van der Waals surface area contributed by atoms with Gasteiger partial charge in [-0.3, -0.25) is 0 Å². The highest BCUT2D eigenvalue weighted by Crippen LogP contribution is 2.26. The van der Waals surface area contributed by atoms with Crippen LogP contribution in [0.1, 0.15) is 57.9 Å². The van der Waals surface area contributed by atoms with Crippen LogP contribution in [-0.2, 0) is 0 Å². The van der Waals surface area contributed by atoms with Crippen LogP contribution in [0.25, 0.3) is 0 Å². The Bertz CT molecular complexity index is 373. The molecule has 1 aliphatic rings. The minimum Gasteiger partial charge on any atom is -0.490 e. The van der Waals surface area contributed by atoms with Gasteiger partial charge in [-0.2, -0.15) is 0 Å². The van der Waals surface area contributed by atoms with Gasteiger partial charge in [-0.15, -0.1) is 0 Å². The zero-order chi connectivity index (χ0) is 13.7. The maximum absolute atomic E-state index is 6.08. The van der Waals surface area contributed by atoms with Crippen LogP contribution in [0.4, 0.5) is 0 Å². The minimum absolute atomic E-state index is 0.387. The molecule has 1 fully saturated rings. The third-order valence-electron chi connectivity index (χ3n) is 4.24. The summed E-state index contributed by atoms with van der Waals surface area (Å²) < 4.78 is 6.08. The summed E-state index contributed by atoms with van der Waals surface area (Å²) in [7, 11) is 0. The zero-order valence-electron chi connectivity index (χ0n) is 12.5. The van der Waals surface area contributed by atoms with Gasteiger partial charge in [-0.05, 0) is 55.8 Å². The fraction of sp³-hybridized carbons (Fsp3) is 0.647. The number of hydrogen-bond acceptors (Lipinski definition) is 2. The molecule has 1 aromatic carbocycles. The maximum Gasteiger partial charge on any atom is 0.119 e. The van der Waals surface area contributed by atoms with Gasteiger partial charge in [0.1, 0.15) is 11.9 Å². The molecule has 0 radical (unpaired) electrons. The third kappa shape index (κ3) is 3.97. The molecule has 2 nitrogen and oxygen atoms in total. The molecule has 1 saturated carbocycles. The molecule has 0 amide bonds. The first-order valence-corrected chi connectivity index (χ1v) is 7.72. The standard InChI is InChI=1S/C17H27NO/c1-4-13(3)14-6-9-16(10-7-14)19-17-11-8-15(12-17)18-5-2/h6-7,9-10,13,15,17-18H,4-5,8,11-12H2,1-3H3. The van der Waals surface area contributed by atoms with Crippen LogP contribution in [0.5, 0.6) is 5.75 Å². The molecule has 0 aromatic heterocycles. The predicted octanol–water partition coefficient (Wildman–Crippen LogP) is 4.11. The molecule has 2 heteroatoms. The highest BCUT2D eigenvalue weighted by molar-refractivity contribution is 5.29. The van der Waals surface area contributed by atoms with Crippen LogP contribution < -0.4 is 10.1 Å². The van der Waals surface area contributed by atoms with Crippen molar-refractivity contribution >= 4 is 0 Å². The fourth-order valence-corrected chi connectivity index (χ4v) is 2.82. The van der Waals surface area contributed by atoms with Crippen LogP contribution in [0.3, 0.4) is 0 Å². The molecule has 1 N–H and O–H groups in total. The molecule has 19 heavy (non-hydrogen) atoms. The maximum atomic E-state index is 6.08. The van der Waals surface area contributed by atoms with Crippen molar-refractivity contribution in [2.45, 2.75) is 64.5 Å². The van der Waals surface area contributed by atoms with Crippen LogP contribution in [0.2, 0.25) is 0 Å². The van der Waals surface area contributed by atoms with Crippen molar-refractivity contribution in [3.63, 3.8) is 0 Å². The van der Waals surface area contributed by atoms with E-state index in [1.54, 1.807) is 0 Å². The topological polar surface area (TPSA) is 21.3 Å². The third-order valence-corrected chi connectivity index (χ3v) is 4.24. The lowest BCUT2D eigenvalue weighted by Crippen LogP contribution is -2.27. The lowest BCUT2D eigenvalue weighted by atomic mass is 9.99. The summed E-state index contributed by atoms with van der Waals surface area (Å²) in [6.45, 7) is 7.73. The van der Waals surface area contributed by atoms with Gasteiger partial charge in [0.2, 0.25) is 0 Å². The molecule has 3 unspecified atom stereocenters. The Morgan fingerprint density at radius 2 is 1.95 bits per heavy atom. The van der Waals surface area contributed by atoms with E-state index in [1.807, 2.05) is 0 Å². The average Bonchev–Trinajstić information content (AvgIpc) is 2.86. The van der Waals surface area contributed by atoms with Crippen molar-refractivity contribution in [2.24, 2.45) is 0 Å². The lowest BCUT2D eigenvalue weighted by molar-refractivity contribution is 0.206. The number of rotatable bonds is 6. The second-order valence-electron chi connectivity index (χ2n) is 5.69. The van der Waals surface area contributed by atoms with E-state index in [9.17, 15) is 0 Å². The normalized spacial score (nSPS) is 24.4. The SMILES string of the molecule is CCNC1CCC(Oc2ccc(C(C)CC)cc2)C1. The van der Waals surface area contributed by atoms with Crippen molar-refractivity contribution in [1.29, 1.82) is 0 Å². The van der Waals surface area contributed by atoms with E-state index in [0.29, 0.717) is 18.1 Å². The molecular formula is C17H27NO. The van der Waals surface area contributed by atoms with E-state index in [2.05, 4.69) is 50.4 Å².